The first-order chi connectivity index (χ1) is 7.13. The van der Waals surface area contributed by atoms with E-state index in [1.165, 1.54) is 0 Å². The number of hydrogen-bond acceptors (Lipinski definition) is 3. The van der Waals surface area contributed by atoms with E-state index in [-0.39, 0.29) is 12.5 Å². The van der Waals surface area contributed by atoms with Crippen LogP contribution in [0.25, 0.3) is 0 Å². The lowest BCUT2D eigenvalue weighted by atomic mass is 9.83. The highest BCUT2D eigenvalue weighted by atomic mass is 16.5. The number of fused-ring (bicyclic) bond motifs is 1. The summed E-state index contributed by atoms with van der Waals surface area (Å²) in [7, 11) is 0. The average molecular weight is 207 g/mol. The summed E-state index contributed by atoms with van der Waals surface area (Å²) in [5.41, 5.74) is 5.87. The molecule has 0 amide bonds. The molecule has 2 unspecified atom stereocenters. The van der Waals surface area contributed by atoms with Gasteiger partial charge in [0, 0.05) is 12.5 Å². The molecule has 3 heteroatoms. The van der Waals surface area contributed by atoms with Crippen molar-refractivity contribution in [3.63, 3.8) is 0 Å². The van der Waals surface area contributed by atoms with Crippen molar-refractivity contribution >= 4 is 0 Å². The van der Waals surface area contributed by atoms with Crippen molar-refractivity contribution in [2.75, 3.05) is 13.2 Å². The fourth-order valence-corrected chi connectivity index (χ4v) is 1.89. The number of para-hydroxylation sites is 1. The van der Waals surface area contributed by atoms with E-state index in [0.717, 1.165) is 17.7 Å². The van der Waals surface area contributed by atoms with Gasteiger partial charge in [-0.3, -0.25) is 0 Å². The number of aliphatic hydroxyl groups is 1. The fraction of sp³-hybridized carbons (Fsp3) is 0.500. The molecule has 15 heavy (non-hydrogen) atoms. The summed E-state index contributed by atoms with van der Waals surface area (Å²) < 4.78 is 5.61. The van der Waals surface area contributed by atoms with Crippen molar-refractivity contribution in [2.45, 2.75) is 18.9 Å². The smallest absolute Gasteiger partial charge is 0.122 e. The predicted molar refractivity (Wildman–Crippen MR) is 58.8 cm³/mol. The molecular weight excluding hydrogens is 190 g/mol. The number of ether oxygens (including phenoxy) is 1. The second kappa shape index (κ2) is 3.83. The maximum Gasteiger partial charge on any atom is 0.122 e. The largest absolute Gasteiger partial charge is 0.493 e. The molecule has 0 bridgehead atoms. The Balaban J connectivity index is 2.19. The quantitative estimate of drug-likeness (QED) is 0.759. The monoisotopic (exact) mass is 207 g/mol. The molecule has 3 nitrogen and oxygen atoms in total. The zero-order valence-corrected chi connectivity index (χ0v) is 8.94. The molecule has 1 aliphatic heterocycles. The predicted octanol–water partition coefficient (Wildman–Crippen LogP) is 0.947. The van der Waals surface area contributed by atoms with Gasteiger partial charge in [0.25, 0.3) is 0 Å². The van der Waals surface area contributed by atoms with E-state index < -0.39 is 5.60 Å². The van der Waals surface area contributed by atoms with E-state index in [1.54, 1.807) is 6.92 Å². The molecule has 0 aromatic heterocycles. The number of nitrogens with two attached hydrogens (primary N) is 1. The molecule has 1 heterocycles. The molecule has 0 fully saturated rings. The van der Waals surface area contributed by atoms with E-state index in [1.807, 2.05) is 24.3 Å². The van der Waals surface area contributed by atoms with Crippen LogP contribution in [0.5, 0.6) is 5.75 Å². The highest BCUT2D eigenvalue weighted by molar-refractivity contribution is 5.35. The first-order valence-electron chi connectivity index (χ1n) is 5.26. The Morgan fingerprint density at radius 3 is 3.00 bits per heavy atom. The Labute approximate surface area is 89.9 Å². The second-order valence-corrected chi connectivity index (χ2v) is 4.38. The van der Waals surface area contributed by atoms with Gasteiger partial charge in [0.15, 0.2) is 0 Å². The van der Waals surface area contributed by atoms with Crippen LogP contribution >= 0.6 is 0 Å². The Bertz CT molecular complexity index is 349. The summed E-state index contributed by atoms with van der Waals surface area (Å²) in [4.78, 5) is 0. The zero-order chi connectivity index (χ0) is 10.9. The Morgan fingerprint density at radius 2 is 2.27 bits per heavy atom. The van der Waals surface area contributed by atoms with E-state index in [0.29, 0.717) is 6.61 Å². The molecule has 2 atom stereocenters. The van der Waals surface area contributed by atoms with E-state index >= 15 is 0 Å². The molecule has 0 radical (unpaired) electrons. The third-order valence-electron chi connectivity index (χ3n) is 3.17. The van der Waals surface area contributed by atoms with Gasteiger partial charge in [-0.2, -0.15) is 0 Å². The van der Waals surface area contributed by atoms with Crippen LogP contribution in [0, 0.1) is 5.92 Å². The summed E-state index contributed by atoms with van der Waals surface area (Å²) >= 11 is 0. The van der Waals surface area contributed by atoms with Crippen LogP contribution in [0.2, 0.25) is 0 Å². The fourth-order valence-electron chi connectivity index (χ4n) is 1.89. The molecule has 1 aromatic rings. The zero-order valence-electron chi connectivity index (χ0n) is 8.94. The van der Waals surface area contributed by atoms with Gasteiger partial charge in [-0.1, -0.05) is 18.2 Å². The summed E-state index contributed by atoms with van der Waals surface area (Å²) in [6, 6.07) is 7.94. The van der Waals surface area contributed by atoms with Gasteiger partial charge in [-0.25, -0.2) is 0 Å². The van der Waals surface area contributed by atoms with Crippen molar-refractivity contribution in [3.05, 3.63) is 29.8 Å². The number of hydrogen-bond donors (Lipinski definition) is 2. The van der Waals surface area contributed by atoms with Gasteiger partial charge in [-0.05, 0) is 25.0 Å². The third-order valence-corrected chi connectivity index (χ3v) is 3.17. The Morgan fingerprint density at radius 1 is 1.53 bits per heavy atom. The van der Waals surface area contributed by atoms with E-state index in [4.69, 9.17) is 10.5 Å². The minimum atomic E-state index is -0.840. The normalized spacial score (nSPS) is 23.8. The maximum absolute atomic E-state index is 10.1. The average Bonchev–Trinajstić information content (AvgIpc) is 2.28. The third kappa shape index (κ3) is 1.98. The van der Waals surface area contributed by atoms with E-state index in [2.05, 4.69) is 0 Å². The van der Waals surface area contributed by atoms with Gasteiger partial charge >= 0.3 is 0 Å². The molecule has 0 saturated carbocycles. The molecule has 82 valence electrons. The molecule has 1 aliphatic rings. The summed E-state index contributed by atoms with van der Waals surface area (Å²) in [6.07, 6.45) is 0.834. The number of rotatable bonds is 2. The van der Waals surface area contributed by atoms with Crippen molar-refractivity contribution in [3.8, 4) is 5.75 Å². The molecule has 1 aromatic carbocycles. The van der Waals surface area contributed by atoms with Crippen molar-refractivity contribution in [2.24, 2.45) is 11.7 Å². The second-order valence-electron chi connectivity index (χ2n) is 4.38. The number of benzene rings is 1. The van der Waals surface area contributed by atoms with Crippen LogP contribution in [-0.4, -0.2) is 23.9 Å². The molecule has 0 spiro atoms. The van der Waals surface area contributed by atoms with Gasteiger partial charge in [0.2, 0.25) is 0 Å². The highest BCUT2D eigenvalue weighted by Crippen LogP contribution is 2.31. The topological polar surface area (TPSA) is 55.5 Å². The lowest BCUT2D eigenvalue weighted by Crippen LogP contribution is -2.46. The van der Waals surface area contributed by atoms with Crippen LogP contribution in [0.3, 0.4) is 0 Å². The molecule has 3 N–H and O–H groups in total. The van der Waals surface area contributed by atoms with Gasteiger partial charge in [-0.15, -0.1) is 0 Å². The standard InChI is InChI=1S/C12H17NO2/c1-12(14,8-13)10-6-9-4-2-3-5-11(9)15-7-10/h2-5,10,14H,6-8,13H2,1H3. The van der Waals surface area contributed by atoms with Crippen LogP contribution in [-0.2, 0) is 6.42 Å². The van der Waals surface area contributed by atoms with Crippen molar-refractivity contribution in [1.82, 2.24) is 0 Å². The summed E-state index contributed by atoms with van der Waals surface area (Å²) in [5, 5.41) is 10.1. The summed E-state index contributed by atoms with van der Waals surface area (Å²) in [5.74, 6) is 1.01. The van der Waals surface area contributed by atoms with Crippen molar-refractivity contribution < 1.29 is 9.84 Å². The SMILES string of the molecule is CC(O)(CN)C1COc2ccccc2C1. The van der Waals surface area contributed by atoms with Gasteiger partial charge in [0.05, 0.1) is 12.2 Å². The molecule has 0 saturated heterocycles. The molecular formula is C12H17NO2. The Kier molecular flexibility index (Phi) is 2.67. The van der Waals surface area contributed by atoms with E-state index in [9.17, 15) is 5.11 Å². The first-order valence-corrected chi connectivity index (χ1v) is 5.26. The lowest BCUT2D eigenvalue weighted by molar-refractivity contribution is -0.0180. The minimum absolute atomic E-state index is 0.0809. The molecule has 2 rings (SSSR count). The van der Waals surface area contributed by atoms with Crippen molar-refractivity contribution in [1.29, 1.82) is 0 Å². The minimum Gasteiger partial charge on any atom is -0.493 e. The van der Waals surface area contributed by atoms with Gasteiger partial charge in [0.1, 0.15) is 5.75 Å². The first kappa shape index (κ1) is 10.5. The van der Waals surface area contributed by atoms with Crippen LogP contribution in [0.15, 0.2) is 24.3 Å². The summed E-state index contributed by atoms with van der Waals surface area (Å²) in [6.45, 7) is 2.58. The Hall–Kier alpha value is -1.06. The van der Waals surface area contributed by atoms with Crippen LogP contribution < -0.4 is 10.5 Å². The van der Waals surface area contributed by atoms with Crippen LogP contribution in [0.4, 0.5) is 0 Å². The lowest BCUT2D eigenvalue weighted by Gasteiger charge is -2.35. The van der Waals surface area contributed by atoms with Gasteiger partial charge < -0.3 is 15.6 Å². The maximum atomic E-state index is 10.1. The van der Waals surface area contributed by atoms with Crippen LogP contribution in [0.1, 0.15) is 12.5 Å². The highest BCUT2D eigenvalue weighted by Gasteiger charge is 2.34. The molecule has 0 aliphatic carbocycles.